The van der Waals surface area contributed by atoms with Crippen LogP contribution >= 0.6 is 0 Å². The fraction of sp³-hybridized carbons (Fsp3) is 0.464. The molecule has 73 heavy (non-hydrogen) atoms. The zero-order valence-electron chi connectivity index (χ0n) is 42.2. The molecule has 16 nitrogen and oxygen atoms in total. The summed E-state index contributed by atoms with van der Waals surface area (Å²) in [5.74, 6) is 1.31. The van der Waals surface area contributed by atoms with E-state index < -0.39 is 11.7 Å². The summed E-state index contributed by atoms with van der Waals surface area (Å²) < 4.78 is 26.2. The molecule has 4 aliphatic rings. The molecule has 0 bridgehead atoms. The first kappa shape index (κ1) is 51.2. The van der Waals surface area contributed by atoms with Crippen LogP contribution in [0.15, 0.2) is 89.7 Å². The third-order valence-electron chi connectivity index (χ3n) is 15.1. The van der Waals surface area contributed by atoms with E-state index in [1.807, 2.05) is 70.2 Å². The number of hydrogen-bond donors (Lipinski definition) is 2. The first-order valence-corrected chi connectivity index (χ1v) is 26.0. The van der Waals surface area contributed by atoms with E-state index in [1.54, 1.807) is 36.3 Å². The Morgan fingerprint density at radius 3 is 2.25 bits per heavy atom. The lowest BCUT2D eigenvalue weighted by atomic mass is 9.89. The Labute approximate surface area is 426 Å². The molecule has 0 unspecified atom stereocenters. The van der Waals surface area contributed by atoms with Crippen LogP contribution in [-0.2, 0) is 22.6 Å². The highest BCUT2D eigenvalue weighted by molar-refractivity contribution is 5.95. The summed E-state index contributed by atoms with van der Waals surface area (Å²) in [6, 6.07) is 25.4. The Hall–Kier alpha value is -6.69. The van der Waals surface area contributed by atoms with Crippen LogP contribution in [-0.4, -0.2) is 175 Å². The van der Waals surface area contributed by atoms with Gasteiger partial charge in [0.25, 0.3) is 17.4 Å². The third kappa shape index (κ3) is 12.6. The van der Waals surface area contributed by atoms with Gasteiger partial charge >= 0.3 is 0 Å². The number of nitrogens with one attached hydrogen (secondary N) is 2. The minimum Gasteiger partial charge on any atom is -0.497 e. The number of carbonyl (C=O) groups excluding carboxylic acids is 4. The number of fused-ring (bicyclic) bond motifs is 1. The second-order valence-electron chi connectivity index (χ2n) is 19.8. The first-order chi connectivity index (χ1) is 35.5. The molecule has 4 amide bonds. The van der Waals surface area contributed by atoms with Crippen LogP contribution in [0.1, 0.15) is 81.6 Å². The molecule has 4 aliphatic heterocycles. The van der Waals surface area contributed by atoms with Crippen LogP contribution in [0.2, 0.25) is 0 Å². The molecule has 1 atom stereocenters. The number of carbonyl (C=O) groups is 4. The number of nitrogens with zero attached hydrogens (tertiary/aromatic N) is 7. The minimum absolute atomic E-state index is 0.0195. The fourth-order valence-corrected chi connectivity index (χ4v) is 10.9. The van der Waals surface area contributed by atoms with Gasteiger partial charge in [0.1, 0.15) is 17.3 Å². The van der Waals surface area contributed by atoms with Crippen molar-refractivity contribution in [3.05, 3.63) is 135 Å². The highest BCUT2D eigenvalue weighted by Crippen LogP contribution is 2.29. The molecule has 386 valence electrons. The van der Waals surface area contributed by atoms with Crippen molar-refractivity contribution in [1.29, 1.82) is 0 Å². The van der Waals surface area contributed by atoms with Crippen molar-refractivity contribution in [1.82, 2.24) is 44.9 Å². The van der Waals surface area contributed by atoms with E-state index in [9.17, 15) is 24.0 Å². The van der Waals surface area contributed by atoms with Crippen LogP contribution in [0.3, 0.4) is 0 Å². The third-order valence-corrected chi connectivity index (χ3v) is 15.1. The molecule has 0 aliphatic carbocycles. The van der Waals surface area contributed by atoms with E-state index in [1.165, 1.54) is 6.07 Å². The number of hydrogen-bond acceptors (Lipinski definition) is 11. The molecular formula is C56H68FN9O7. The topological polar surface area (TPSA) is 164 Å². The molecule has 0 radical (unpaired) electrons. The van der Waals surface area contributed by atoms with Crippen LogP contribution in [0.25, 0.3) is 10.8 Å². The van der Waals surface area contributed by atoms with E-state index in [0.717, 1.165) is 87.6 Å². The second kappa shape index (κ2) is 23.9. The Kier molecular flexibility index (Phi) is 16.8. The van der Waals surface area contributed by atoms with E-state index in [2.05, 4.69) is 31.4 Å². The van der Waals surface area contributed by atoms with Crippen LogP contribution in [0, 0.1) is 11.7 Å². The van der Waals surface area contributed by atoms with Gasteiger partial charge in [0.2, 0.25) is 11.8 Å². The highest BCUT2D eigenvalue weighted by atomic mass is 19.1. The van der Waals surface area contributed by atoms with Crippen molar-refractivity contribution in [2.45, 2.75) is 51.5 Å². The van der Waals surface area contributed by atoms with Crippen molar-refractivity contribution in [2.24, 2.45) is 5.92 Å². The van der Waals surface area contributed by atoms with Gasteiger partial charge in [-0.25, -0.2) is 9.49 Å². The van der Waals surface area contributed by atoms with Crippen molar-refractivity contribution in [2.75, 3.05) is 112 Å². The molecular weight excluding hydrogens is 930 g/mol. The summed E-state index contributed by atoms with van der Waals surface area (Å²) in [5.41, 5.74) is 3.79. The molecule has 5 heterocycles. The summed E-state index contributed by atoms with van der Waals surface area (Å²) in [6.07, 6.45) is 4.19. The van der Waals surface area contributed by atoms with Crippen molar-refractivity contribution in [3.8, 4) is 11.5 Å². The predicted molar refractivity (Wildman–Crippen MR) is 276 cm³/mol. The Morgan fingerprint density at radius 2 is 1.48 bits per heavy atom. The van der Waals surface area contributed by atoms with Gasteiger partial charge in [-0.2, -0.15) is 5.10 Å². The van der Waals surface area contributed by atoms with Gasteiger partial charge in [0.15, 0.2) is 0 Å². The summed E-state index contributed by atoms with van der Waals surface area (Å²) in [5, 5.41) is 11.3. The molecule has 4 aromatic carbocycles. The average molecular weight is 998 g/mol. The highest BCUT2D eigenvalue weighted by Gasteiger charge is 2.31. The largest absolute Gasteiger partial charge is 0.497 e. The molecule has 9 rings (SSSR count). The number of amides is 4. The average Bonchev–Trinajstić information content (AvgIpc) is 3.43. The Bertz CT molecular complexity index is 2820. The van der Waals surface area contributed by atoms with Crippen molar-refractivity contribution >= 4 is 34.4 Å². The summed E-state index contributed by atoms with van der Waals surface area (Å²) in [4.78, 5) is 78.5. The smallest absolute Gasteiger partial charge is 0.272 e. The normalized spacial score (nSPS) is 18.3. The SMILES string of the molecule is CCOc1cc(OC)ccc1CNCC(=O)N1CCC[C@H](c2cccc(C(=O)N3CCN(CC4CCN(CC(=O)N5CCN(C(=O)c6cc(Cc7n[nH]c(=O)c8ccccc78)ccc6F)CC5)CC4)CC3)c2)C1. The van der Waals surface area contributed by atoms with Crippen LogP contribution in [0.5, 0.6) is 11.5 Å². The minimum atomic E-state index is -0.603. The quantitative estimate of drug-likeness (QED) is 0.137. The molecule has 5 aromatic rings. The van der Waals surface area contributed by atoms with E-state index in [0.29, 0.717) is 105 Å². The summed E-state index contributed by atoms with van der Waals surface area (Å²) in [6.45, 7) is 12.0. The number of aromatic amines is 1. The maximum absolute atomic E-state index is 15.1. The number of likely N-dealkylation sites (tertiary alicyclic amines) is 2. The number of H-pyrrole nitrogens is 1. The first-order valence-electron chi connectivity index (χ1n) is 26.0. The van der Waals surface area contributed by atoms with Gasteiger partial charge < -0.3 is 34.4 Å². The zero-order valence-corrected chi connectivity index (χ0v) is 42.2. The van der Waals surface area contributed by atoms with Gasteiger partial charge in [-0.1, -0.05) is 42.5 Å². The van der Waals surface area contributed by atoms with E-state index >= 15 is 4.39 Å². The number of rotatable bonds is 16. The maximum Gasteiger partial charge on any atom is 0.272 e. The monoisotopic (exact) mass is 998 g/mol. The summed E-state index contributed by atoms with van der Waals surface area (Å²) in [7, 11) is 1.63. The lowest BCUT2D eigenvalue weighted by molar-refractivity contribution is -0.134. The number of aromatic nitrogens is 2. The number of halogens is 1. The van der Waals surface area contributed by atoms with Crippen LogP contribution in [0.4, 0.5) is 4.39 Å². The van der Waals surface area contributed by atoms with Crippen molar-refractivity contribution < 1.29 is 33.0 Å². The summed E-state index contributed by atoms with van der Waals surface area (Å²) >= 11 is 0. The predicted octanol–water partition coefficient (Wildman–Crippen LogP) is 5.01. The van der Waals surface area contributed by atoms with E-state index in [4.69, 9.17) is 9.47 Å². The van der Waals surface area contributed by atoms with Gasteiger partial charge in [0.05, 0.1) is 43.4 Å². The van der Waals surface area contributed by atoms with Gasteiger partial charge in [-0.3, -0.25) is 33.8 Å². The van der Waals surface area contributed by atoms with Crippen molar-refractivity contribution in [3.63, 3.8) is 0 Å². The molecule has 4 saturated heterocycles. The lowest BCUT2D eigenvalue weighted by Crippen LogP contribution is -2.53. The number of ether oxygens (including phenoxy) is 2. The molecule has 17 heteroatoms. The molecule has 0 saturated carbocycles. The maximum atomic E-state index is 15.1. The Balaban J connectivity index is 0.673. The Morgan fingerprint density at radius 1 is 0.740 bits per heavy atom. The fourth-order valence-electron chi connectivity index (χ4n) is 10.9. The van der Waals surface area contributed by atoms with Crippen LogP contribution < -0.4 is 20.3 Å². The van der Waals surface area contributed by atoms with Gasteiger partial charge in [-0.05, 0) is 99.1 Å². The number of piperazine rings is 2. The second-order valence-corrected chi connectivity index (χ2v) is 19.8. The molecule has 2 N–H and O–H groups in total. The van der Waals surface area contributed by atoms with Gasteiger partial charge in [-0.15, -0.1) is 0 Å². The van der Waals surface area contributed by atoms with E-state index in [-0.39, 0.29) is 41.3 Å². The molecule has 4 fully saturated rings. The zero-order chi connectivity index (χ0) is 50.8. The number of methoxy groups -OCH3 is 1. The molecule has 1 aromatic heterocycles. The number of benzene rings is 4. The molecule has 0 spiro atoms. The lowest BCUT2D eigenvalue weighted by Gasteiger charge is -2.39. The standard InChI is InChI=1S/C56H68FN9O7/c1-3-73-51-33-45(72-2)15-14-43(51)34-58-35-52(67)66-19-7-10-44(37-66)41-8-6-9-42(32-41)55(70)64-24-22-62(23-25-64)36-39-17-20-61(21-18-39)38-53(68)63-26-28-65(29-27-63)56(71)48-30-40(13-16-49(48)57)31-50-46-11-4-5-12-47(46)54(69)60-59-50/h4-6,8-9,11-16,30,32-33,39,44,58H,3,7,10,17-29,31,34-38H2,1-2H3,(H,60,69)/t44-/m0/s1. The van der Waals surface area contributed by atoms with Gasteiger partial charge in [0, 0.05) is 113 Å². The number of piperidine rings is 2.